The number of hydrogen-bond acceptors (Lipinski definition) is 5. The van der Waals surface area contributed by atoms with Crippen LogP contribution >= 0.6 is 0 Å². The van der Waals surface area contributed by atoms with Crippen molar-refractivity contribution in [2.75, 3.05) is 0 Å². The van der Waals surface area contributed by atoms with Crippen LogP contribution in [0.3, 0.4) is 0 Å². The number of amides is 3. The minimum absolute atomic E-state index is 0.0767. The first-order valence-electron chi connectivity index (χ1n) is 9.40. The summed E-state index contributed by atoms with van der Waals surface area (Å²) in [5.41, 5.74) is 2.06. The summed E-state index contributed by atoms with van der Waals surface area (Å²) in [5, 5.41) is 14.8. The zero-order valence-electron chi connectivity index (χ0n) is 16.3. The molecule has 0 radical (unpaired) electrons. The number of ether oxygens (including phenoxy) is 1. The molecule has 1 fully saturated rings. The molecule has 0 unspecified atom stereocenters. The van der Waals surface area contributed by atoms with Crippen LogP contribution in [0.25, 0.3) is 0 Å². The Balaban J connectivity index is 1.91. The second-order valence-corrected chi connectivity index (χ2v) is 7.18. The fraction of sp³-hybridized carbons (Fsp3) is 0.632. The van der Waals surface area contributed by atoms with Crippen molar-refractivity contribution >= 4 is 17.9 Å². The van der Waals surface area contributed by atoms with Gasteiger partial charge in [0.2, 0.25) is 0 Å². The molecule has 1 saturated carbocycles. The molecule has 1 aromatic heterocycles. The Morgan fingerprint density at radius 2 is 1.78 bits per heavy atom. The van der Waals surface area contributed by atoms with E-state index in [-0.39, 0.29) is 11.7 Å². The van der Waals surface area contributed by atoms with Crippen LogP contribution in [0.1, 0.15) is 79.4 Å². The number of rotatable bonds is 5. The van der Waals surface area contributed by atoms with Crippen molar-refractivity contribution in [3.05, 3.63) is 22.5 Å². The zero-order chi connectivity index (χ0) is 20.1. The van der Waals surface area contributed by atoms with E-state index in [0.29, 0.717) is 16.8 Å². The Kier molecular flexibility index (Phi) is 7.01. The summed E-state index contributed by atoms with van der Waals surface area (Å²) in [4.78, 5) is 39.3. The largest absolute Gasteiger partial charge is 0.448 e. The summed E-state index contributed by atoms with van der Waals surface area (Å²) in [7, 11) is 0. The molecule has 0 saturated heterocycles. The third kappa shape index (κ3) is 5.32. The number of aryl methyl sites for hydroxylation is 1. The van der Waals surface area contributed by atoms with Gasteiger partial charge < -0.3 is 20.1 Å². The third-order valence-electron chi connectivity index (χ3n) is 4.95. The molecular weight excluding hydrogens is 350 g/mol. The van der Waals surface area contributed by atoms with E-state index in [0.717, 1.165) is 25.7 Å². The van der Waals surface area contributed by atoms with Crippen molar-refractivity contribution in [2.45, 2.75) is 78.0 Å². The van der Waals surface area contributed by atoms with Gasteiger partial charge in [-0.2, -0.15) is 0 Å². The number of carbonyl (C=O) groups is 3. The van der Waals surface area contributed by atoms with Crippen LogP contribution in [-0.2, 0) is 9.53 Å². The second kappa shape index (κ2) is 9.03. The summed E-state index contributed by atoms with van der Waals surface area (Å²) < 4.78 is 5.17. The van der Waals surface area contributed by atoms with Gasteiger partial charge in [-0.3, -0.25) is 10.1 Å². The lowest BCUT2D eigenvalue weighted by molar-refractivity contribution is -0.127. The molecular formula is C19H29N3O5. The third-order valence-corrected chi connectivity index (χ3v) is 4.95. The Labute approximate surface area is 159 Å². The predicted molar refractivity (Wildman–Crippen MR) is 99.3 cm³/mol. The van der Waals surface area contributed by atoms with Crippen LogP contribution in [0, 0.1) is 13.8 Å². The maximum absolute atomic E-state index is 12.4. The van der Waals surface area contributed by atoms with Crippen molar-refractivity contribution in [1.29, 1.82) is 0 Å². The van der Waals surface area contributed by atoms with E-state index in [1.54, 1.807) is 20.8 Å². The minimum Gasteiger partial charge on any atom is -0.448 e. The SMILES string of the molecule is Cc1[nH]c(C(=O)O[C@H](C)C(=O)NC(=O)NC2CCCCC2)c(C)c1[C@@H](C)O. The molecule has 1 aliphatic carbocycles. The molecule has 8 heteroatoms. The van der Waals surface area contributed by atoms with Gasteiger partial charge in [-0.05, 0) is 46.1 Å². The van der Waals surface area contributed by atoms with Gasteiger partial charge >= 0.3 is 12.0 Å². The molecule has 2 atom stereocenters. The first kappa shape index (κ1) is 21.0. The molecule has 0 bridgehead atoms. The molecule has 0 aliphatic heterocycles. The van der Waals surface area contributed by atoms with Crippen LogP contribution in [-0.4, -0.2) is 40.1 Å². The lowest BCUT2D eigenvalue weighted by Crippen LogP contribution is -2.48. The average molecular weight is 379 g/mol. The van der Waals surface area contributed by atoms with E-state index in [4.69, 9.17) is 4.74 Å². The number of nitrogens with one attached hydrogen (secondary N) is 3. The second-order valence-electron chi connectivity index (χ2n) is 7.18. The highest BCUT2D eigenvalue weighted by Crippen LogP contribution is 2.25. The molecule has 4 N–H and O–H groups in total. The molecule has 1 aromatic rings. The quantitative estimate of drug-likeness (QED) is 0.586. The van der Waals surface area contributed by atoms with E-state index in [1.807, 2.05) is 0 Å². The number of carbonyl (C=O) groups excluding carboxylic acids is 3. The summed E-state index contributed by atoms with van der Waals surface area (Å²) in [6.45, 7) is 6.46. The van der Waals surface area contributed by atoms with Gasteiger partial charge in [0.25, 0.3) is 5.91 Å². The van der Waals surface area contributed by atoms with Crippen LogP contribution in [0.15, 0.2) is 0 Å². The summed E-state index contributed by atoms with van der Waals surface area (Å²) in [5.74, 6) is -1.40. The predicted octanol–water partition coefficient (Wildman–Crippen LogP) is 2.39. The molecule has 0 spiro atoms. The zero-order valence-corrected chi connectivity index (χ0v) is 16.3. The molecule has 2 rings (SSSR count). The van der Waals surface area contributed by atoms with Crippen LogP contribution in [0.2, 0.25) is 0 Å². The number of aliphatic hydroxyl groups is 1. The van der Waals surface area contributed by atoms with Crippen LogP contribution in [0.4, 0.5) is 4.79 Å². The Bertz CT molecular complexity index is 704. The van der Waals surface area contributed by atoms with Gasteiger partial charge in [0.1, 0.15) is 5.69 Å². The molecule has 150 valence electrons. The lowest BCUT2D eigenvalue weighted by Gasteiger charge is -2.23. The monoisotopic (exact) mass is 379 g/mol. The van der Waals surface area contributed by atoms with Gasteiger partial charge in [0.15, 0.2) is 6.10 Å². The topological polar surface area (TPSA) is 121 Å². The summed E-state index contributed by atoms with van der Waals surface area (Å²) in [6, 6.07) is -0.495. The number of urea groups is 1. The van der Waals surface area contributed by atoms with Gasteiger partial charge in [-0.25, -0.2) is 9.59 Å². The van der Waals surface area contributed by atoms with Crippen LogP contribution in [0.5, 0.6) is 0 Å². The van der Waals surface area contributed by atoms with E-state index in [2.05, 4.69) is 15.6 Å². The Morgan fingerprint density at radius 1 is 1.15 bits per heavy atom. The van der Waals surface area contributed by atoms with Gasteiger partial charge in [0.05, 0.1) is 6.10 Å². The number of imide groups is 1. The number of H-pyrrole nitrogens is 1. The maximum Gasteiger partial charge on any atom is 0.355 e. The molecule has 0 aromatic carbocycles. The molecule has 8 nitrogen and oxygen atoms in total. The van der Waals surface area contributed by atoms with Crippen molar-refractivity contribution in [1.82, 2.24) is 15.6 Å². The molecule has 1 heterocycles. The van der Waals surface area contributed by atoms with Gasteiger partial charge in [0, 0.05) is 17.3 Å². The minimum atomic E-state index is -1.13. The van der Waals surface area contributed by atoms with Gasteiger partial charge in [-0.1, -0.05) is 19.3 Å². The normalized spacial score (nSPS) is 17.1. The highest BCUT2D eigenvalue weighted by Gasteiger charge is 2.26. The Morgan fingerprint density at radius 3 is 2.33 bits per heavy atom. The lowest BCUT2D eigenvalue weighted by atomic mass is 9.96. The summed E-state index contributed by atoms with van der Waals surface area (Å²) >= 11 is 0. The molecule has 27 heavy (non-hydrogen) atoms. The Hall–Kier alpha value is -2.35. The highest BCUT2D eigenvalue weighted by molar-refractivity contribution is 5.98. The smallest absolute Gasteiger partial charge is 0.355 e. The van der Waals surface area contributed by atoms with E-state index in [9.17, 15) is 19.5 Å². The molecule has 1 aliphatic rings. The van der Waals surface area contributed by atoms with E-state index in [1.165, 1.54) is 13.3 Å². The number of aromatic amines is 1. The first-order valence-corrected chi connectivity index (χ1v) is 9.40. The van der Waals surface area contributed by atoms with Crippen molar-refractivity contribution in [3.63, 3.8) is 0 Å². The van der Waals surface area contributed by atoms with Crippen molar-refractivity contribution < 1.29 is 24.2 Å². The van der Waals surface area contributed by atoms with Gasteiger partial charge in [-0.15, -0.1) is 0 Å². The fourth-order valence-electron chi connectivity index (χ4n) is 3.55. The van der Waals surface area contributed by atoms with E-state index < -0.39 is 30.1 Å². The average Bonchev–Trinajstić information content (AvgIpc) is 2.90. The van der Waals surface area contributed by atoms with Crippen molar-refractivity contribution in [2.24, 2.45) is 0 Å². The number of aliphatic hydroxyl groups excluding tert-OH is 1. The highest BCUT2D eigenvalue weighted by atomic mass is 16.5. The maximum atomic E-state index is 12.4. The standard InChI is InChI=1S/C19H29N3O5/c1-10-15(12(3)23)11(2)20-16(10)18(25)27-13(4)17(24)22-19(26)21-14-8-6-5-7-9-14/h12-14,20,23H,5-9H2,1-4H3,(H2,21,22,24,26)/t12-,13-/m1/s1. The first-order chi connectivity index (χ1) is 12.7. The summed E-state index contributed by atoms with van der Waals surface area (Å²) in [6.07, 6.45) is 3.25. The van der Waals surface area contributed by atoms with Crippen molar-refractivity contribution in [3.8, 4) is 0 Å². The number of hydrogen-bond donors (Lipinski definition) is 4. The van der Waals surface area contributed by atoms with E-state index >= 15 is 0 Å². The number of aromatic nitrogens is 1. The number of esters is 1. The van der Waals surface area contributed by atoms with Crippen LogP contribution < -0.4 is 10.6 Å². The molecule has 3 amide bonds. The fourth-order valence-corrected chi connectivity index (χ4v) is 3.55.